The number of carbonyl (C=O) groups excluding carboxylic acids is 1. The summed E-state index contributed by atoms with van der Waals surface area (Å²) in [6.07, 6.45) is 0.913. The molecule has 0 saturated carbocycles. The molecule has 1 rings (SSSR count). The van der Waals surface area contributed by atoms with Crippen LogP contribution in [0.4, 0.5) is 0 Å². The van der Waals surface area contributed by atoms with E-state index in [0.29, 0.717) is 11.9 Å². The average molecular weight is 226 g/mol. The Bertz CT molecular complexity index is 240. The Labute approximate surface area is 99.8 Å². The fourth-order valence-corrected chi connectivity index (χ4v) is 2.02. The van der Waals surface area contributed by atoms with Gasteiger partial charge in [0.1, 0.15) is 0 Å². The van der Waals surface area contributed by atoms with Crippen molar-refractivity contribution >= 4 is 5.91 Å². The van der Waals surface area contributed by atoms with Gasteiger partial charge in [0.2, 0.25) is 5.91 Å². The molecule has 0 N–H and O–H groups in total. The summed E-state index contributed by atoms with van der Waals surface area (Å²) >= 11 is 0. The second kappa shape index (κ2) is 5.17. The van der Waals surface area contributed by atoms with Gasteiger partial charge >= 0.3 is 0 Å². The molecule has 0 unspecified atom stereocenters. The van der Waals surface area contributed by atoms with Crippen LogP contribution in [0.15, 0.2) is 0 Å². The van der Waals surface area contributed by atoms with Crippen LogP contribution in [0.25, 0.3) is 0 Å². The number of rotatable bonds is 3. The first-order valence-corrected chi connectivity index (χ1v) is 6.42. The maximum atomic E-state index is 12.2. The lowest BCUT2D eigenvalue weighted by Crippen LogP contribution is -2.53. The van der Waals surface area contributed by atoms with Crippen molar-refractivity contribution < 1.29 is 4.79 Å². The Hall–Kier alpha value is -0.570. The molecule has 1 saturated heterocycles. The molecule has 16 heavy (non-hydrogen) atoms. The highest BCUT2D eigenvalue weighted by atomic mass is 16.2. The predicted octanol–water partition coefficient (Wildman–Crippen LogP) is 1.98. The highest BCUT2D eigenvalue weighted by molar-refractivity contribution is 5.82. The lowest BCUT2D eigenvalue weighted by Gasteiger charge is -2.39. The Morgan fingerprint density at radius 1 is 1.19 bits per heavy atom. The zero-order valence-electron chi connectivity index (χ0n) is 11.4. The summed E-state index contributed by atoms with van der Waals surface area (Å²) in [4.78, 5) is 16.7. The average Bonchev–Trinajstić information content (AvgIpc) is 2.28. The summed E-state index contributed by atoms with van der Waals surface area (Å²) in [5.74, 6) is 0.318. The monoisotopic (exact) mass is 226 g/mol. The molecule has 0 aromatic rings. The van der Waals surface area contributed by atoms with Crippen LogP contribution in [0, 0.1) is 5.41 Å². The molecule has 1 aliphatic rings. The minimum atomic E-state index is -0.194. The fraction of sp³-hybridized carbons (Fsp3) is 0.923. The van der Waals surface area contributed by atoms with E-state index in [1.54, 1.807) is 0 Å². The number of nitrogens with zero attached hydrogens (tertiary/aromatic N) is 2. The van der Waals surface area contributed by atoms with Crippen molar-refractivity contribution in [2.75, 3.05) is 26.2 Å². The third-order valence-electron chi connectivity index (χ3n) is 3.79. The van der Waals surface area contributed by atoms with E-state index >= 15 is 0 Å². The van der Waals surface area contributed by atoms with E-state index in [0.717, 1.165) is 32.6 Å². The lowest BCUT2D eigenvalue weighted by molar-refractivity contribution is -0.142. The van der Waals surface area contributed by atoms with Gasteiger partial charge in [0, 0.05) is 37.6 Å². The fourth-order valence-electron chi connectivity index (χ4n) is 2.02. The quantitative estimate of drug-likeness (QED) is 0.734. The van der Waals surface area contributed by atoms with E-state index in [9.17, 15) is 4.79 Å². The molecule has 0 bridgehead atoms. The van der Waals surface area contributed by atoms with Gasteiger partial charge in [-0.15, -0.1) is 0 Å². The van der Waals surface area contributed by atoms with Gasteiger partial charge in [-0.1, -0.05) is 20.8 Å². The molecule has 1 heterocycles. The summed E-state index contributed by atoms with van der Waals surface area (Å²) in [6, 6.07) is 0.594. The van der Waals surface area contributed by atoms with Gasteiger partial charge in [-0.05, 0) is 20.3 Å². The molecule has 0 atom stereocenters. The number of carbonyl (C=O) groups is 1. The molecular weight excluding hydrogens is 200 g/mol. The van der Waals surface area contributed by atoms with E-state index in [1.807, 2.05) is 18.7 Å². The number of piperazine rings is 1. The molecule has 0 aromatic heterocycles. The van der Waals surface area contributed by atoms with Gasteiger partial charge in [-0.2, -0.15) is 0 Å². The predicted molar refractivity (Wildman–Crippen MR) is 67.4 cm³/mol. The molecular formula is C13H26N2O. The van der Waals surface area contributed by atoms with Crippen molar-refractivity contribution in [3.8, 4) is 0 Å². The van der Waals surface area contributed by atoms with Gasteiger partial charge in [-0.3, -0.25) is 9.69 Å². The molecule has 94 valence electrons. The summed E-state index contributed by atoms with van der Waals surface area (Å²) in [7, 11) is 0. The van der Waals surface area contributed by atoms with Gasteiger partial charge in [0.05, 0.1) is 0 Å². The molecule has 0 aromatic carbocycles. The summed E-state index contributed by atoms with van der Waals surface area (Å²) in [5.41, 5.74) is -0.194. The number of hydrogen-bond donors (Lipinski definition) is 0. The largest absolute Gasteiger partial charge is 0.340 e. The van der Waals surface area contributed by atoms with Crippen LogP contribution in [0.5, 0.6) is 0 Å². The van der Waals surface area contributed by atoms with Crippen molar-refractivity contribution in [1.29, 1.82) is 0 Å². The first-order chi connectivity index (χ1) is 7.38. The molecule has 3 heteroatoms. The zero-order valence-corrected chi connectivity index (χ0v) is 11.4. The van der Waals surface area contributed by atoms with Crippen molar-refractivity contribution in [3.63, 3.8) is 0 Å². The van der Waals surface area contributed by atoms with Gasteiger partial charge in [0.15, 0.2) is 0 Å². The maximum absolute atomic E-state index is 12.2. The molecule has 0 spiro atoms. The van der Waals surface area contributed by atoms with E-state index in [1.165, 1.54) is 0 Å². The highest BCUT2D eigenvalue weighted by Crippen LogP contribution is 2.23. The van der Waals surface area contributed by atoms with Crippen LogP contribution in [-0.2, 0) is 4.79 Å². The Morgan fingerprint density at radius 3 is 2.06 bits per heavy atom. The molecule has 0 radical (unpaired) electrons. The van der Waals surface area contributed by atoms with Crippen LogP contribution in [0.1, 0.15) is 41.0 Å². The molecule has 1 aliphatic heterocycles. The first kappa shape index (κ1) is 13.5. The molecule has 3 nitrogen and oxygen atoms in total. The first-order valence-electron chi connectivity index (χ1n) is 6.42. The normalized spacial score (nSPS) is 19.2. The zero-order chi connectivity index (χ0) is 12.3. The molecule has 1 fully saturated rings. The summed E-state index contributed by atoms with van der Waals surface area (Å²) in [5, 5.41) is 0. The van der Waals surface area contributed by atoms with Crippen LogP contribution >= 0.6 is 0 Å². The van der Waals surface area contributed by atoms with Crippen LogP contribution in [0.2, 0.25) is 0 Å². The standard InChI is InChI=1S/C13H26N2O/c1-6-13(4,5)12(16)15-9-7-14(8-10-15)11(2)3/h11H,6-10H2,1-5H3. The van der Waals surface area contributed by atoms with E-state index in [4.69, 9.17) is 0 Å². The van der Waals surface area contributed by atoms with E-state index in [-0.39, 0.29) is 5.41 Å². The van der Waals surface area contributed by atoms with Crippen LogP contribution in [-0.4, -0.2) is 47.9 Å². The van der Waals surface area contributed by atoms with Crippen molar-refractivity contribution in [2.45, 2.75) is 47.1 Å². The molecule has 0 aliphatic carbocycles. The second-order valence-electron chi connectivity index (χ2n) is 5.66. The topological polar surface area (TPSA) is 23.6 Å². The Morgan fingerprint density at radius 2 is 1.69 bits per heavy atom. The number of amides is 1. The summed E-state index contributed by atoms with van der Waals surface area (Å²) in [6.45, 7) is 14.4. The van der Waals surface area contributed by atoms with Crippen molar-refractivity contribution in [2.24, 2.45) is 5.41 Å². The van der Waals surface area contributed by atoms with Crippen molar-refractivity contribution in [3.05, 3.63) is 0 Å². The maximum Gasteiger partial charge on any atom is 0.228 e. The SMILES string of the molecule is CCC(C)(C)C(=O)N1CCN(C(C)C)CC1. The number of hydrogen-bond acceptors (Lipinski definition) is 2. The lowest BCUT2D eigenvalue weighted by atomic mass is 9.88. The minimum absolute atomic E-state index is 0.194. The van der Waals surface area contributed by atoms with E-state index < -0.39 is 0 Å². The van der Waals surface area contributed by atoms with E-state index in [2.05, 4.69) is 25.7 Å². The Balaban J connectivity index is 2.51. The third kappa shape index (κ3) is 2.97. The van der Waals surface area contributed by atoms with Crippen LogP contribution < -0.4 is 0 Å². The Kier molecular flexibility index (Phi) is 4.36. The van der Waals surface area contributed by atoms with Gasteiger partial charge < -0.3 is 4.90 Å². The second-order valence-corrected chi connectivity index (χ2v) is 5.66. The third-order valence-corrected chi connectivity index (χ3v) is 3.79. The van der Waals surface area contributed by atoms with Gasteiger partial charge in [0.25, 0.3) is 0 Å². The molecule has 1 amide bonds. The van der Waals surface area contributed by atoms with Crippen molar-refractivity contribution in [1.82, 2.24) is 9.80 Å². The van der Waals surface area contributed by atoms with Gasteiger partial charge in [-0.25, -0.2) is 0 Å². The smallest absolute Gasteiger partial charge is 0.228 e. The van der Waals surface area contributed by atoms with Crippen LogP contribution in [0.3, 0.4) is 0 Å². The minimum Gasteiger partial charge on any atom is -0.340 e. The summed E-state index contributed by atoms with van der Waals surface area (Å²) < 4.78 is 0. The highest BCUT2D eigenvalue weighted by Gasteiger charge is 2.32.